The van der Waals surface area contributed by atoms with Gasteiger partial charge in [-0.05, 0) is 10.4 Å². The Morgan fingerprint density at radius 1 is 1.53 bits per heavy atom. The third kappa shape index (κ3) is 4.28. The van der Waals surface area contributed by atoms with E-state index in [2.05, 4.69) is 20.3 Å². The molecule has 0 unspecified atom stereocenters. The zero-order valence-corrected chi connectivity index (χ0v) is 9.66. The van der Waals surface area contributed by atoms with Gasteiger partial charge in [-0.3, -0.25) is 4.79 Å². The van der Waals surface area contributed by atoms with Gasteiger partial charge >= 0.3 is 5.97 Å². The van der Waals surface area contributed by atoms with Crippen molar-refractivity contribution in [3.8, 4) is 0 Å². The van der Waals surface area contributed by atoms with E-state index in [0.717, 1.165) is 23.8 Å². The lowest BCUT2D eigenvalue weighted by atomic mass is 10.5. The third-order valence-electron chi connectivity index (χ3n) is 1.86. The lowest BCUT2D eigenvalue weighted by Crippen LogP contribution is -2.04. The molecule has 0 aliphatic carbocycles. The Bertz CT molecular complexity index is 315. The fourth-order valence-electron chi connectivity index (χ4n) is 0.983. The predicted molar refractivity (Wildman–Crippen MR) is 56.5 cm³/mol. The number of nitrogens with zero attached hydrogens (tertiary/aromatic N) is 4. The smallest absolute Gasteiger partial charge is 0.306 e. The molecule has 15 heavy (non-hydrogen) atoms. The Kier molecular flexibility index (Phi) is 5.09. The number of ether oxygens (including phenoxy) is 1. The average molecular weight is 230 g/mol. The predicted octanol–water partition coefficient (Wildman–Crippen LogP) is 0.0489. The highest BCUT2D eigenvalue weighted by molar-refractivity contribution is 7.99. The third-order valence-corrected chi connectivity index (χ3v) is 2.84. The minimum absolute atomic E-state index is 0.164. The Hall–Kier alpha value is -1.11. The highest BCUT2D eigenvalue weighted by Gasteiger charge is 2.03. The van der Waals surface area contributed by atoms with Crippen molar-refractivity contribution in [1.82, 2.24) is 20.2 Å². The summed E-state index contributed by atoms with van der Waals surface area (Å²) in [5.41, 5.74) is 0. The second-order valence-corrected chi connectivity index (χ2v) is 4.13. The van der Waals surface area contributed by atoms with Gasteiger partial charge in [-0.2, -0.15) is 11.8 Å². The topological polar surface area (TPSA) is 69.9 Å². The minimum Gasteiger partial charge on any atom is -0.469 e. The summed E-state index contributed by atoms with van der Waals surface area (Å²) < 4.78 is 6.19. The van der Waals surface area contributed by atoms with Gasteiger partial charge in [-0.25, -0.2) is 4.68 Å². The number of aromatic nitrogens is 4. The maximum absolute atomic E-state index is 10.8. The van der Waals surface area contributed by atoms with Gasteiger partial charge in [-0.15, -0.1) is 5.10 Å². The van der Waals surface area contributed by atoms with Crippen LogP contribution in [-0.4, -0.2) is 44.8 Å². The number of rotatable bonds is 6. The van der Waals surface area contributed by atoms with Crippen molar-refractivity contribution >= 4 is 17.7 Å². The normalized spacial score (nSPS) is 10.3. The zero-order chi connectivity index (χ0) is 11.1. The van der Waals surface area contributed by atoms with Gasteiger partial charge in [0.15, 0.2) is 5.82 Å². The van der Waals surface area contributed by atoms with E-state index in [4.69, 9.17) is 0 Å². The molecule has 1 heterocycles. The first kappa shape index (κ1) is 12.0. The van der Waals surface area contributed by atoms with Gasteiger partial charge in [-0.1, -0.05) is 0 Å². The van der Waals surface area contributed by atoms with Crippen LogP contribution >= 0.6 is 11.8 Å². The number of thioether (sulfide) groups is 1. The molecule has 0 aliphatic heterocycles. The first-order valence-corrected chi connectivity index (χ1v) is 5.75. The van der Waals surface area contributed by atoms with Crippen LogP contribution in [0.5, 0.6) is 0 Å². The molecule has 1 aromatic heterocycles. The van der Waals surface area contributed by atoms with Crippen LogP contribution in [0.3, 0.4) is 0 Å². The van der Waals surface area contributed by atoms with Gasteiger partial charge < -0.3 is 4.74 Å². The maximum Gasteiger partial charge on any atom is 0.306 e. The summed E-state index contributed by atoms with van der Waals surface area (Å²) in [6.45, 7) is 0. The van der Waals surface area contributed by atoms with E-state index in [9.17, 15) is 4.79 Å². The van der Waals surface area contributed by atoms with E-state index in [0.29, 0.717) is 6.42 Å². The number of aryl methyl sites for hydroxylation is 2. The van der Waals surface area contributed by atoms with Crippen molar-refractivity contribution in [3.63, 3.8) is 0 Å². The van der Waals surface area contributed by atoms with Crippen LogP contribution in [0.4, 0.5) is 0 Å². The molecule has 0 aromatic carbocycles. The summed E-state index contributed by atoms with van der Waals surface area (Å²) >= 11 is 1.69. The van der Waals surface area contributed by atoms with E-state index in [1.54, 1.807) is 16.4 Å². The van der Waals surface area contributed by atoms with Gasteiger partial charge in [0.05, 0.1) is 13.5 Å². The van der Waals surface area contributed by atoms with E-state index >= 15 is 0 Å². The van der Waals surface area contributed by atoms with Crippen LogP contribution in [0.2, 0.25) is 0 Å². The molecule has 0 aliphatic rings. The molecule has 0 spiro atoms. The molecule has 0 amide bonds. The van der Waals surface area contributed by atoms with Gasteiger partial charge in [0.25, 0.3) is 0 Å². The molecule has 0 saturated carbocycles. The number of hydrogen-bond donors (Lipinski definition) is 0. The van der Waals surface area contributed by atoms with Crippen LogP contribution in [0, 0.1) is 0 Å². The van der Waals surface area contributed by atoms with Crippen LogP contribution < -0.4 is 0 Å². The fourth-order valence-corrected chi connectivity index (χ4v) is 1.82. The van der Waals surface area contributed by atoms with E-state index in [1.165, 1.54) is 7.11 Å². The largest absolute Gasteiger partial charge is 0.469 e. The second kappa shape index (κ2) is 6.39. The summed E-state index contributed by atoms with van der Waals surface area (Å²) in [5, 5.41) is 11.1. The van der Waals surface area contributed by atoms with Crippen molar-refractivity contribution < 1.29 is 9.53 Å². The number of tetrazole rings is 1. The summed E-state index contributed by atoms with van der Waals surface area (Å²) in [5.74, 6) is 2.38. The SMILES string of the molecule is COC(=O)CCSCCc1nnnn1C. The lowest BCUT2D eigenvalue weighted by Gasteiger charge is -2.00. The van der Waals surface area contributed by atoms with Gasteiger partial charge in [0.2, 0.25) is 0 Å². The molecular weight excluding hydrogens is 216 g/mol. The van der Waals surface area contributed by atoms with Crippen LogP contribution in [-0.2, 0) is 23.0 Å². The van der Waals surface area contributed by atoms with Crippen LogP contribution in [0.25, 0.3) is 0 Å². The molecule has 84 valence electrons. The molecule has 0 saturated heterocycles. The van der Waals surface area contributed by atoms with Crippen molar-refractivity contribution in [2.45, 2.75) is 12.8 Å². The monoisotopic (exact) mass is 230 g/mol. The number of carbonyl (C=O) groups is 1. The number of hydrogen-bond acceptors (Lipinski definition) is 6. The van der Waals surface area contributed by atoms with Crippen molar-refractivity contribution in [1.29, 1.82) is 0 Å². The van der Waals surface area contributed by atoms with E-state index < -0.39 is 0 Å². The number of methoxy groups -OCH3 is 1. The second-order valence-electron chi connectivity index (χ2n) is 2.91. The first-order chi connectivity index (χ1) is 7.24. The number of esters is 1. The summed E-state index contributed by atoms with van der Waals surface area (Å²) in [6.07, 6.45) is 1.27. The zero-order valence-electron chi connectivity index (χ0n) is 8.84. The Balaban J connectivity index is 2.07. The molecule has 0 radical (unpaired) electrons. The fraction of sp³-hybridized carbons (Fsp3) is 0.750. The highest BCUT2D eigenvalue weighted by atomic mass is 32.2. The molecule has 1 aromatic rings. The summed E-state index contributed by atoms with van der Waals surface area (Å²) in [4.78, 5) is 10.8. The van der Waals surface area contributed by atoms with E-state index in [-0.39, 0.29) is 5.97 Å². The highest BCUT2D eigenvalue weighted by Crippen LogP contribution is 2.05. The van der Waals surface area contributed by atoms with E-state index in [1.807, 2.05) is 7.05 Å². The average Bonchev–Trinajstić information content (AvgIpc) is 2.63. The maximum atomic E-state index is 10.8. The summed E-state index contributed by atoms with van der Waals surface area (Å²) in [6, 6.07) is 0. The molecule has 0 bridgehead atoms. The Labute approximate surface area is 92.4 Å². The van der Waals surface area contributed by atoms with Crippen molar-refractivity contribution in [3.05, 3.63) is 5.82 Å². The van der Waals surface area contributed by atoms with Crippen molar-refractivity contribution in [2.75, 3.05) is 18.6 Å². The molecular formula is C8H14N4O2S. The molecule has 0 atom stereocenters. The molecule has 1 rings (SSSR count). The quantitative estimate of drug-likeness (QED) is 0.508. The molecule has 0 fully saturated rings. The molecule has 0 N–H and O–H groups in total. The summed E-state index contributed by atoms with van der Waals surface area (Å²) in [7, 11) is 3.21. The lowest BCUT2D eigenvalue weighted by molar-refractivity contribution is -0.140. The van der Waals surface area contributed by atoms with Crippen molar-refractivity contribution in [2.24, 2.45) is 7.05 Å². The molecule has 7 heteroatoms. The van der Waals surface area contributed by atoms with Gasteiger partial charge in [0, 0.05) is 25.0 Å². The van der Waals surface area contributed by atoms with Crippen LogP contribution in [0.1, 0.15) is 12.2 Å². The Morgan fingerprint density at radius 3 is 2.93 bits per heavy atom. The first-order valence-electron chi connectivity index (χ1n) is 4.60. The minimum atomic E-state index is -0.164. The Morgan fingerprint density at radius 2 is 2.33 bits per heavy atom. The van der Waals surface area contributed by atoms with Crippen LogP contribution in [0.15, 0.2) is 0 Å². The standard InChI is InChI=1S/C8H14N4O2S/c1-12-7(9-10-11-12)3-5-15-6-4-8(13)14-2/h3-6H2,1-2H3. The molecule has 6 nitrogen and oxygen atoms in total. The number of carbonyl (C=O) groups excluding carboxylic acids is 1. The van der Waals surface area contributed by atoms with Gasteiger partial charge in [0.1, 0.15) is 0 Å².